The van der Waals surface area contributed by atoms with Crippen molar-refractivity contribution in [1.82, 2.24) is 25.3 Å². The smallest absolute Gasteiger partial charge is 0.407 e. The van der Waals surface area contributed by atoms with Gasteiger partial charge in [-0.05, 0) is 43.1 Å². The Bertz CT molecular complexity index is 1380. The number of hydrogen-bond donors (Lipinski definition) is 4. The van der Waals surface area contributed by atoms with E-state index < -0.39 is 60.4 Å². The SMILES string of the molecule is CCC(C)C(C(CC(=O)N1CCCC1C(OC)C(C)C(=O)NC(C)C(O)c1ccccc1)OC)N(C)C(=O)C(NC(=O)C(C(C)C)N(C)C(=O)O)C(C)C. The molecule has 0 aromatic heterocycles. The first-order valence-corrected chi connectivity index (χ1v) is 19.2. The summed E-state index contributed by atoms with van der Waals surface area (Å²) in [5.74, 6) is -2.82. The molecule has 14 heteroatoms. The number of nitrogens with zero attached hydrogens (tertiary/aromatic N) is 3. The minimum absolute atomic E-state index is 0.0333. The van der Waals surface area contributed by atoms with Gasteiger partial charge in [0.15, 0.2) is 0 Å². The molecule has 14 nitrogen and oxygen atoms in total. The van der Waals surface area contributed by atoms with Gasteiger partial charge in [-0.1, -0.05) is 85.2 Å². The molecule has 0 aliphatic carbocycles. The second kappa shape index (κ2) is 21.4. The molecule has 1 aromatic carbocycles. The van der Waals surface area contributed by atoms with E-state index in [2.05, 4.69) is 10.6 Å². The van der Waals surface area contributed by atoms with E-state index in [4.69, 9.17) is 9.47 Å². The van der Waals surface area contributed by atoms with Crippen molar-refractivity contribution in [2.75, 3.05) is 34.9 Å². The summed E-state index contributed by atoms with van der Waals surface area (Å²) < 4.78 is 11.9. The summed E-state index contributed by atoms with van der Waals surface area (Å²) in [6.07, 6.45) is -1.45. The molecule has 306 valence electrons. The van der Waals surface area contributed by atoms with Gasteiger partial charge in [-0.2, -0.15) is 0 Å². The van der Waals surface area contributed by atoms with E-state index in [1.54, 1.807) is 56.7 Å². The molecular formula is C40H67N5O9. The molecule has 4 N–H and O–H groups in total. The Balaban J connectivity index is 2.27. The second-order valence-electron chi connectivity index (χ2n) is 15.6. The van der Waals surface area contributed by atoms with E-state index in [-0.39, 0.29) is 47.9 Å². The number of nitrogens with one attached hydrogen (secondary N) is 2. The van der Waals surface area contributed by atoms with Gasteiger partial charge in [-0.15, -0.1) is 0 Å². The Morgan fingerprint density at radius 3 is 2.00 bits per heavy atom. The third-order valence-corrected chi connectivity index (χ3v) is 11.1. The van der Waals surface area contributed by atoms with Gasteiger partial charge < -0.3 is 40.1 Å². The van der Waals surface area contributed by atoms with Crippen molar-refractivity contribution in [3.63, 3.8) is 0 Å². The van der Waals surface area contributed by atoms with E-state index in [0.717, 1.165) is 11.3 Å². The van der Waals surface area contributed by atoms with Crippen LogP contribution in [0.4, 0.5) is 4.79 Å². The van der Waals surface area contributed by atoms with Crippen LogP contribution in [0.25, 0.3) is 0 Å². The number of likely N-dealkylation sites (tertiary alicyclic amines) is 1. The van der Waals surface area contributed by atoms with E-state index in [0.29, 0.717) is 24.9 Å². The summed E-state index contributed by atoms with van der Waals surface area (Å²) in [5.41, 5.74) is 0.692. The standard InChI is InChI=1S/C40H67N5O9/c1-13-25(6)34(43(9)39(50)32(23(2)3)42-38(49)33(24(4)5)44(10)40(51)52)30(53-11)22-31(46)45-21-17-20-29(45)36(54-12)26(7)37(48)41-27(8)35(47)28-18-15-14-16-19-28/h14-16,18-19,23-27,29-30,32-36,47H,13,17,20-22H2,1-12H3,(H,41,48)(H,42,49)(H,51,52). The van der Waals surface area contributed by atoms with Crippen molar-refractivity contribution in [2.45, 2.75) is 130 Å². The van der Waals surface area contributed by atoms with Crippen LogP contribution >= 0.6 is 0 Å². The Morgan fingerprint density at radius 2 is 1.50 bits per heavy atom. The lowest BCUT2D eigenvalue weighted by Gasteiger charge is -2.41. The van der Waals surface area contributed by atoms with Crippen molar-refractivity contribution >= 4 is 29.7 Å². The Kier molecular flexibility index (Phi) is 18.4. The highest BCUT2D eigenvalue weighted by Gasteiger charge is 2.43. The van der Waals surface area contributed by atoms with E-state index in [1.165, 1.54) is 21.3 Å². The van der Waals surface area contributed by atoms with Gasteiger partial charge in [0.25, 0.3) is 0 Å². The number of ether oxygens (including phenoxy) is 2. The second-order valence-corrected chi connectivity index (χ2v) is 15.6. The zero-order valence-electron chi connectivity index (χ0n) is 34.4. The molecule has 1 aliphatic heterocycles. The van der Waals surface area contributed by atoms with Crippen molar-refractivity contribution < 1.29 is 43.7 Å². The highest BCUT2D eigenvalue weighted by Crippen LogP contribution is 2.30. The van der Waals surface area contributed by atoms with E-state index >= 15 is 0 Å². The van der Waals surface area contributed by atoms with Crippen molar-refractivity contribution in [2.24, 2.45) is 23.7 Å². The molecule has 54 heavy (non-hydrogen) atoms. The Morgan fingerprint density at radius 1 is 0.889 bits per heavy atom. The van der Waals surface area contributed by atoms with Crippen LogP contribution in [0.3, 0.4) is 0 Å². The molecule has 1 aliphatic rings. The molecule has 1 fully saturated rings. The number of hydrogen-bond acceptors (Lipinski definition) is 8. The third kappa shape index (κ3) is 11.6. The average molecular weight is 762 g/mol. The highest BCUT2D eigenvalue weighted by atomic mass is 16.5. The minimum Gasteiger partial charge on any atom is -0.465 e. The topological polar surface area (TPSA) is 178 Å². The molecule has 1 saturated heterocycles. The van der Waals surface area contributed by atoms with Gasteiger partial charge in [-0.3, -0.25) is 24.1 Å². The van der Waals surface area contributed by atoms with Crippen molar-refractivity contribution in [3.05, 3.63) is 35.9 Å². The van der Waals surface area contributed by atoms with Crippen LogP contribution in [0, 0.1) is 23.7 Å². The maximum Gasteiger partial charge on any atom is 0.407 e. The fourth-order valence-electron chi connectivity index (χ4n) is 7.70. The molecule has 0 saturated carbocycles. The molecule has 0 spiro atoms. The Hall–Kier alpha value is -3.75. The molecule has 0 radical (unpaired) electrons. The first kappa shape index (κ1) is 46.4. The molecule has 5 amide bonds. The summed E-state index contributed by atoms with van der Waals surface area (Å²) in [5, 5.41) is 26.2. The minimum atomic E-state index is -1.25. The summed E-state index contributed by atoms with van der Waals surface area (Å²) in [4.78, 5) is 71.3. The lowest BCUT2D eigenvalue weighted by molar-refractivity contribution is -0.148. The molecule has 1 heterocycles. The zero-order valence-corrected chi connectivity index (χ0v) is 34.4. The first-order valence-electron chi connectivity index (χ1n) is 19.2. The molecular weight excluding hydrogens is 694 g/mol. The molecule has 2 rings (SSSR count). The summed E-state index contributed by atoms with van der Waals surface area (Å²) in [6, 6.07) is 5.67. The van der Waals surface area contributed by atoms with Crippen LogP contribution in [-0.2, 0) is 28.7 Å². The quantitative estimate of drug-likeness (QED) is 0.153. The van der Waals surface area contributed by atoms with Crippen LogP contribution in [0.2, 0.25) is 0 Å². The molecule has 1 aromatic rings. The number of aliphatic hydroxyl groups excluding tert-OH is 1. The number of methoxy groups -OCH3 is 2. The van der Waals surface area contributed by atoms with Crippen molar-refractivity contribution in [1.29, 1.82) is 0 Å². The van der Waals surface area contributed by atoms with Crippen LogP contribution < -0.4 is 10.6 Å². The summed E-state index contributed by atoms with van der Waals surface area (Å²) in [6.45, 7) is 15.1. The fourth-order valence-corrected chi connectivity index (χ4v) is 7.70. The lowest BCUT2D eigenvalue weighted by atomic mass is 9.89. The fraction of sp³-hybridized carbons (Fsp3) is 0.725. The van der Waals surface area contributed by atoms with Crippen LogP contribution in [-0.4, -0.2) is 132 Å². The third-order valence-electron chi connectivity index (χ3n) is 11.1. The van der Waals surface area contributed by atoms with Crippen molar-refractivity contribution in [3.8, 4) is 0 Å². The largest absolute Gasteiger partial charge is 0.465 e. The van der Waals surface area contributed by atoms with Gasteiger partial charge in [0.05, 0.1) is 48.8 Å². The summed E-state index contributed by atoms with van der Waals surface area (Å²) in [7, 11) is 6.02. The highest BCUT2D eigenvalue weighted by molar-refractivity contribution is 5.91. The van der Waals surface area contributed by atoms with Gasteiger partial charge in [0.2, 0.25) is 23.6 Å². The number of carbonyl (C=O) groups is 5. The van der Waals surface area contributed by atoms with Crippen LogP contribution in [0.1, 0.15) is 92.7 Å². The Labute approximate surface area is 322 Å². The molecule has 10 unspecified atom stereocenters. The molecule has 0 bridgehead atoms. The van der Waals surface area contributed by atoms with Gasteiger partial charge in [0.1, 0.15) is 12.1 Å². The average Bonchev–Trinajstić information content (AvgIpc) is 3.62. The van der Waals surface area contributed by atoms with E-state index in [1.807, 2.05) is 45.9 Å². The number of benzene rings is 1. The van der Waals surface area contributed by atoms with E-state index in [9.17, 15) is 34.2 Å². The summed E-state index contributed by atoms with van der Waals surface area (Å²) >= 11 is 0. The zero-order chi connectivity index (χ0) is 41.0. The lowest BCUT2D eigenvalue weighted by Crippen LogP contribution is -2.60. The maximum atomic E-state index is 14.2. The first-order chi connectivity index (χ1) is 25.3. The van der Waals surface area contributed by atoms with Crippen LogP contribution in [0.5, 0.6) is 0 Å². The van der Waals surface area contributed by atoms with Crippen LogP contribution in [0.15, 0.2) is 30.3 Å². The number of amides is 5. The monoisotopic (exact) mass is 761 g/mol. The maximum absolute atomic E-state index is 14.2. The number of rotatable bonds is 20. The predicted molar refractivity (Wildman–Crippen MR) is 206 cm³/mol. The number of carboxylic acid groups (broad SMARTS) is 1. The number of likely N-dealkylation sites (N-methyl/N-ethyl adjacent to an activating group) is 2. The normalized spacial score (nSPS) is 19.5. The number of carbonyl (C=O) groups excluding carboxylic acids is 4. The van der Waals surface area contributed by atoms with Gasteiger partial charge in [0, 0.05) is 34.9 Å². The number of aliphatic hydroxyl groups is 1. The predicted octanol–water partition coefficient (Wildman–Crippen LogP) is 3.92. The van der Waals surface area contributed by atoms with Gasteiger partial charge >= 0.3 is 6.09 Å². The molecule has 10 atom stereocenters. The van der Waals surface area contributed by atoms with Gasteiger partial charge in [-0.25, -0.2) is 4.79 Å².